The molecule has 12 heteroatoms. The van der Waals surface area contributed by atoms with Crippen molar-refractivity contribution in [2.75, 3.05) is 6.54 Å². The number of guanidine groups is 1. The Kier molecular flexibility index (Phi) is 10.9. The molecular weight excluding hydrogens is 396 g/mol. The van der Waals surface area contributed by atoms with Gasteiger partial charge in [0.05, 0.1) is 0 Å². The Morgan fingerprint density at radius 2 is 1.73 bits per heavy atom. The van der Waals surface area contributed by atoms with Gasteiger partial charge in [-0.2, -0.15) is 0 Å². The van der Waals surface area contributed by atoms with E-state index in [-0.39, 0.29) is 44.6 Å². The number of rotatable bonds is 13. The molecule has 0 bridgehead atoms. The Hall–Kier alpha value is -3.70. The van der Waals surface area contributed by atoms with Crippen molar-refractivity contribution in [1.29, 1.82) is 5.41 Å². The minimum Gasteiger partial charge on any atom is -0.480 e. The Balaban J connectivity index is 2.22. The quantitative estimate of drug-likeness (QED) is 0.0850. The largest absolute Gasteiger partial charge is 0.480 e. The lowest BCUT2D eigenvalue weighted by Gasteiger charge is -2.14. The van der Waals surface area contributed by atoms with Gasteiger partial charge in [-0.1, -0.05) is 35.8 Å². The maximum absolute atomic E-state index is 11.9. The van der Waals surface area contributed by atoms with Crippen LogP contribution in [0.25, 0.3) is 0 Å². The van der Waals surface area contributed by atoms with E-state index in [1.165, 1.54) is 0 Å². The zero-order valence-corrected chi connectivity index (χ0v) is 16.3. The number of benzene rings is 1. The molecule has 6 N–H and O–H groups in total. The molecule has 0 fully saturated rings. The Bertz CT molecular complexity index is 742. The summed E-state index contributed by atoms with van der Waals surface area (Å²) in [5.74, 6) is -2.39. The number of nitro groups is 1. The number of hydrazine groups is 1. The van der Waals surface area contributed by atoms with Crippen LogP contribution < -0.4 is 21.4 Å². The van der Waals surface area contributed by atoms with Gasteiger partial charge in [0.2, 0.25) is 11.8 Å². The number of nitrogens with one attached hydrogen (secondary N) is 5. The summed E-state index contributed by atoms with van der Waals surface area (Å²) in [6.45, 7) is 0.524. The van der Waals surface area contributed by atoms with E-state index >= 15 is 0 Å². The number of aliphatic carboxylic acids is 1. The van der Waals surface area contributed by atoms with Gasteiger partial charge in [-0.15, -0.1) is 0 Å². The summed E-state index contributed by atoms with van der Waals surface area (Å²) in [7, 11) is 0. The highest BCUT2D eigenvalue weighted by atomic mass is 16.7. The number of carbonyl (C=O) groups excluding carboxylic acids is 2. The first kappa shape index (κ1) is 24.3. The predicted octanol–water partition coefficient (Wildman–Crippen LogP) is 0.128. The number of hydrogen-bond acceptors (Lipinski definition) is 6. The lowest BCUT2D eigenvalue weighted by molar-refractivity contribution is -0.525. The number of nitrogens with zero attached hydrogens (tertiary/aromatic N) is 1. The second-order valence-corrected chi connectivity index (χ2v) is 6.39. The van der Waals surface area contributed by atoms with Crippen molar-refractivity contribution in [3.8, 4) is 0 Å². The van der Waals surface area contributed by atoms with Crippen LogP contribution in [0, 0.1) is 15.5 Å². The number of carboxylic acids is 1. The highest BCUT2D eigenvalue weighted by Crippen LogP contribution is 2.02. The lowest BCUT2D eigenvalue weighted by atomic mass is 10.1. The molecule has 0 aliphatic carbocycles. The van der Waals surface area contributed by atoms with E-state index in [0.29, 0.717) is 6.54 Å². The molecule has 0 saturated carbocycles. The van der Waals surface area contributed by atoms with Crippen LogP contribution in [-0.4, -0.2) is 46.5 Å². The van der Waals surface area contributed by atoms with Crippen molar-refractivity contribution in [2.24, 2.45) is 0 Å². The third-order valence-corrected chi connectivity index (χ3v) is 3.95. The fourth-order valence-corrected chi connectivity index (χ4v) is 2.47. The minimum atomic E-state index is -1.21. The first-order valence-corrected chi connectivity index (χ1v) is 9.34. The Morgan fingerprint density at radius 3 is 2.37 bits per heavy atom. The average molecular weight is 422 g/mol. The fraction of sp³-hybridized carbons (Fsp3) is 0.444. The molecule has 1 rings (SSSR count). The SMILES string of the molecule is N=C(NCCCC(NC(=O)CCCC(=O)NCc1ccccc1)C(=O)O)N[N+](=O)[O-]. The summed E-state index contributed by atoms with van der Waals surface area (Å²) >= 11 is 0. The molecule has 0 spiro atoms. The van der Waals surface area contributed by atoms with Gasteiger partial charge in [0.25, 0.3) is 5.96 Å². The van der Waals surface area contributed by atoms with Gasteiger partial charge in [0.1, 0.15) is 6.04 Å². The molecule has 0 aliphatic rings. The second-order valence-electron chi connectivity index (χ2n) is 6.39. The molecule has 1 aromatic rings. The number of hydrogen-bond donors (Lipinski definition) is 6. The summed E-state index contributed by atoms with van der Waals surface area (Å²) in [6, 6.07) is 8.27. The molecule has 0 aliphatic heterocycles. The topological polar surface area (TPSA) is 187 Å². The van der Waals surface area contributed by atoms with Crippen LogP contribution in [0.2, 0.25) is 0 Å². The van der Waals surface area contributed by atoms with Gasteiger partial charge < -0.3 is 21.1 Å². The number of carboxylic acid groups (broad SMARTS) is 1. The van der Waals surface area contributed by atoms with Crippen molar-refractivity contribution < 1.29 is 24.5 Å². The average Bonchev–Trinajstić information content (AvgIpc) is 2.68. The standard InChI is InChI=1S/C18H26N6O6/c19-18(23-24(29)30)20-11-5-8-14(17(27)28)22-16(26)10-4-9-15(25)21-12-13-6-2-1-3-7-13/h1-3,6-7,14H,4-5,8-12H2,(H,21,25)(H,22,26)(H,27,28)(H3,19,20,23). The summed E-state index contributed by atoms with van der Waals surface area (Å²) in [5.41, 5.74) is 2.58. The van der Waals surface area contributed by atoms with E-state index in [2.05, 4.69) is 16.0 Å². The van der Waals surface area contributed by atoms with Gasteiger partial charge >= 0.3 is 5.97 Å². The van der Waals surface area contributed by atoms with Gasteiger partial charge in [-0.25, -0.2) is 14.9 Å². The third kappa shape index (κ3) is 11.2. The van der Waals surface area contributed by atoms with Crippen LogP contribution in [0.1, 0.15) is 37.7 Å². The van der Waals surface area contributed by atoms with Crippen molar-refractivity contribution in [2.45, 2.75) is 44.7 Å². The van der Waals surface area contributed by atoms with E-state index in [1.54, 1.807) is 5.43 Å². The second kappa shape index (κ2) is 13.5. The van der Waals surface area contributed by atoms with Crippen LogP contribution in [0.15, 0.2) is 30.3 Å². The van der Waals surface area contributed by atoms with E-state index in [1.807, 2.05) is 30.3 Å². The van der Waals surface area contributed by atoms with Gasteiger partial charge in [0.15, 0.2) is 5.03 Å². The zero-order valence-electron chi connectivity index (χ0n) is 16.3. The highest BCUT2D eigenvalue weighted by molar-refractivity contribution is 5.84. The van der Waals surface area contributed by atoms with E-state index in [9.17, 15) is 29.6 Å². The number of amides is 2. The summed E-state index contributed by atoms with van der Waals surface area (Å²) in [6.07, 6.45) is 0.786. The van der Waals surface area contributed by atoms with Crippen LogP contribution >= 0.6 is 0 Å². The molecule has 30 heavy (non-hydrogen) atoms. The summed E-state index contributed by atoms with van der Waals surface area (Å²) in [4.78, 5) is 45.2. The maximum Gasteiger partial charge on any atom is 0.326 e. The minimum absolute atomic E-state index is 0.0121. The zero-order chi connectivity index (χ0) is 22.4. The monoisotopic (exact) mass is 422 g/mol. The Morgan fingerprint density at radius 1 is 1.07 bits per heavy atom. The van der Waals surface area contributed by atoms with Crippen molar-refractivity contribution in [3.05, 3.63) is 46.0 Å². The molecule has 0 heterocycles. The molecule has 1 atom stereocenters. The third-order valence-electron chi connectivity index (χ3n) is 3.95. The molecule has 1 unspecified atom stereocenters. The molecule has 1 aromatic carbocycles. The summed E-state index contributed by atoms with van der Waals surface area (Å²) in [5, 5.41) is 33.2. The number of carbonyl (C=O) groups is 3. The van der Waals surface area contributed by atoms with Crippen molar-refractivity contribution in [1.82, 2.24) is 21.4 Å². The molecule has 164 valence electrons. The smallest absolute Gasteiger partial charge is 0.326 e. The van der Waals surface area contributed by atoms with Gasteiger partial charge in [0, 0.05) is 25.9 Å². The van der Waals surface area contributed by atoms with Gasteiger partial charge in [-0.05, 0) is 24.8 Å². The van der Waals surface area contributed by atoms with Crippen LogP contribution in [0.5, 0.6) is 0 Å². The van der Waals surface area contributed by atoms with Gasteiger partial charge in [-0.3, -0.25) is 15.0 Å². The molecule has 2 amide bonds. The maximum atomic E-state index is 11.9. The molecule has 0 radical (unpaired) electrons. The van der Waals surface area contributed by atoms with Crippen molar-refractivity contribution >= 4 is 23.7 Å². The molecule has 0 aromatic heterocycles. The normalized spacial score (nSPS) is 11.1. The first-order valence-electron chi connectivity index (χ1n) is 9.34. The Labute approximate surface area is 173 Å². The summed E-state index contributed by atoms with van der Waals surface area (Å²) < 4.78 is 0. The van der Waals surface area contributed by atoms with Crippen LogP contribution in [-0.2, 0) is 20.9 Å². The van der Waals surface area contributed by atoms with Crippen LogP contribution in [0.4, 0.5) is 0 Å². The highest BCUT2D eigenvalue weighted by Gasteiger charge is 2.19. The van der Waals surface area contributed by atoms with E-state index in [0.717, 1.165) is 5.56 Å². The molecular formula is C18H26N6O6. The predicted molar refractivity (Wildman–Crippen MR) is 107 cm³/mol. The fourth-order valence-electron chi connectivity index (χ4n) is 2.47. The molecule has 12 nitrogen and oxygen atoms in total. The van der Waals surface area contributed by atoms with Crippen molar-refractivity contribution in [3.63, 3.8) is 0 Å². The van der Waals surface area contributed by atoms with E-state index in [4.69, 9.17) is 5.41 Å². The van der Waals surface area contributed by atoms with E-state index < -0.39 is 28.9 Å². The lowest BCUT2D eigenvalue weighted by Crippen LogP contribution is -2.42. The molecule has 0 saturated heterocycles. The van der Waals surface area contributed by atoms with Crippen LogP contribution in [0.3, 0.4) is 0 Å². The first-order chi connectivity index (χ1) is 14.3.